The molecule has 1 amide bonds. The number of carbonyl (C=O) groups is 1. The van der Waals surface area contributed by atoms with Crippen LogP contribution in [-0.2, 0) is 4.79 Å². The molecule has 0 fully saturated rings. The first kappa shape index (κ1) is 17.9. The second-order valence-electron chi connectivity index (χ2n) is 5.87. The molecule has 26 heavy (non-hydrogen) atoms. The highest BCUT2D eigenvalue weighted by Gasteiger charge is 2.10. The Hall–Kier alpha value is -2.86. The molecule has 0 bridgehead atoms. The summed E-state index contributed by atoms with van der Waals surface area (Å²) >= 11 is 1.38. The van der Waals surface area contributed by atoms with E-state index in [4.69, 9.17) is 9.47 Å². The first-order valence-corrected chi connectivity index (χ1v) is 9.03. The van der Waals surface area contributed by atoms with E-state index in [2.05, 4.69) is 10.3 Å². The zero-order chi connectivity index (χ0) is 18.5. The SMILES string of the molecule is COc1ccc(-c2csc(NC(=O)COc3cc(C)ccc3C)n2)cc1. The van der Waals surface area contributed by atoms with E-state index >= 15 is 0 Å². The minimum atomic E-state index is -0.235. The van der Waals surface area contributed by atoms with Crippen LogP contribution < -0.4 is 14.8 Å². The van der Waals surface area contributed by atoms with Gasteiger partial charge in [-0.1, -0.05) is 12.1 Å². The Labute approximate surface area is 156 Å². The topological polar surface area (TPSA) is 60.5 Å². The largest absolute Gasteiger partial charge is 0.497 e. The lowest BCUT2D eigenvalue weighted by Gasteiger charge is -2.09. The van der Waals surface area contributed by atoms with E-state index in [9.17, 15) is 4.79 Å². The molecule has 1 aromatic heterocycles. The Bertz CT molecular complexity index is 904. The highest BCUT2D eigenvalue weighted by molar-refractivity contribution is 7.14. The van der Waals surface area contributed by atoms with Crippen molar-refractivity contribution >= 4 is 22.4 Å². The first-order valence-electron chi connectivity index (χ1n) is 8.15. The average molecular weight is 368 g/mol. The Morgan fingerprint density at radius 2 is 1.92 bits per heavy atom. The molecular formula is C20H20N2O3S. The van der Waals surface area contributed by atoms with Crippen LogP contribution in [0.4, 0.5) is 5.13 Å². The minimum Gasteiger partial charge on any atom is -0.497 e. The number of hydrogen-bond acceptors (Lipinski definition) is 5. The number of thiazole rings is 1. The van der Waals surface area contributed by atoms with E-state index in [0.717, 1.165) is 33.9 Å². The highest BCUT2D eigenvalue weighted by atomic mass is 32.1. The zero-order valence-electron chi connectivity index (χ0n) is 14.9. The van der Waals surface area contributed by atoms with E-state index in [0.29, 0.717) is 5.13 Å². The molecule has 1 N–H and O–H groups in total. The van der Waals surface area contributed by atoms with Crippen molar-refractivity contribution in [2.24, 2.45) is 0 Å². The second kappa shape index (κ2) is 8.01. The summed E-state index contributed by atoms with van der Waals surface area (Å²) in [7, 11) is 1.63. The fourth-order valence-electron chi connectivity index (χ4n) is 2.39. The lowest BCUT2D eigenvalue weighted by molar-refractivity contribution is -0.118. The molecule has 0 aliphatic heterocycles. The molecule has 0 aliphatic rings. The van der Waals surface area contributed by atoms with E-state index in [-0.39, 0.29) is 12.5 Å². The number of methoxy groups -OCH3 is 1. The fourth-order valence-corrected chi connectivity index (χ4v) is 3.12. The monoisotopic (exact) mass is 368 g/mol. The van der Waals surface area contributed by atoms with Gasteiger partial charge in [0.15, 0.2) is 11.7 Å². The Kier molecular flexibility index (Phi) is 5.53. The first-order chi connectivity index (χ1) is 12.5. The normalized spacial score (nSPS) is 10.4. The van der Waals surface area contributed by atoms with Crippen LogP contribution in [-0.4, -0.2) is 24.6 Å². The maximum Gasteiger partial charge on any atom is 0.264 e. The number of amides is 1. The van der Waals surface area contributed by atoms with Crippen LogP contribution in [0.15, 0.2) is 47.8 Å². The molecule has 6 heteroatoms. The number of hydrogen-bond donors (Lipinski definition) is 1. The van der Waals surface area contributed by atoms with Crippen LogP contribution in [0.5, 0.6) is 11.5 Å². The number of carbonyl (C=O) groups excluding carboxylic acids is 1. The molecule has 3 rings (SSSR count). The summed E-state index contributed by atoms with van der Waals surface area (Å²) in [6, 6.07) is 13.5. The number of aromatic nitrogens is 1. The Balaban J connectivity index is 1.59. The maximum atomic E-state index is 12.1. The van der Waals surface area contributed by atoms with Gasteiger partial charge in [-0.2, -0.15) is 0 Å². The molecule has 0 atom stereocenters. The van der Waals surface area contributed by atoms with Crippen LogP contribution >= 0.6 is 11.3 Å². The minimum absolute atomic E-state index is 0.0538. The standard InChI is InChI=1S/C20H20N2O3S/c1-13-4-5-14(2)18(10-13)25-11-19(23)22-20-21-17(12-26-20)15-6-8-16(24-3)9-7-15/h4-10,12H,11H2,1-3H3,(H,21,22,23). The summed E-state index contributed by atoms with van der Waals surface area (Å²) in [5, 5.41) is 5.23. The van der Waals surface area contributed by atoms with Gasteiger partial charge in [0.1, 0.15) is 11.5 Å². The summed E-state index contributed by atoms with van der Waals surface area (Å²) in [4.78, 5) is 16.6. The molecule has 0 unspecified atom stereocenters. The molecule has 0 spiro atoms. The predicted molar refractivity (Wildman–Crippen MR) is 104 cm³/mol. The lowest BCUT2D eigenvalue weighted by Crippen LogP contribution is -2.20. The third kappa shape index (κ3) is 4.40. The Morgan fingerprint density at radius 1 is 1.15 bits per heavy atom. The molecular weight excluding hydrogens is 348 g/mol. The van der Waals surface area contributed by atoms with E-state index < -0.39 is 0 Å². The number of aryl methyl sites for hydroxylation is 2. The van der Waals surface area contributed by atoms with E-state index in [1.165, 1.54) is 11.3 Å². The van der Waals surface area contributed by atoms with Gasteiger partial charge in [-0.25, -0.2) is 4.98 Å². The van der Waals surface area contributed by atoms with Crippen LogP contribution in [0.1, 0.15) is 11.1 Å². The summed E-state index contributed by atoms with van der Waals surface area (Å²) in [6.07, 6.45) is 0. The van der Waals surface area contributed by atoms with Crippen molar-refractivity contribution in [1.82, 2.24) is 4.98 Å². The number of ether oxygens (including phenoxy) is 2. The van der Waals surface area contributed by atoms with Gasteiger partial charge in [-0.15, -0.1) is 11.3 Å². The summed E-state index contributed by atoms with van der Waals surface area (Å²) in [5.74, 6) is 1.28. The number of anilines is 1. The van der Waals surface area contributed by atoms with Crippen molar-refractivity contribution in [2.75, 3.05) is 19.0 Å². The number of nitrogens with one attached hydrogen (secondary N) is 1. The van der Waals surface area contributed by atoms with Gasteiger partial charge in [-0.3, -0.25) is 10.1 Å². The van der Waals surface area contributed by atoms with E-state index in [1.54, 1.807) is 7.11 Å². The number of nitrogens with zero attached hydrogens (tertiary/aromatic N) is 1. The van der Waals surface area contributed by atoms with Crippen molar-refractivity contribution < 1.29 is 14.3 Å². The Morgan fingerprint density at radius 3 is 2.65 bits per heavy atom. The third-order valence-electron chi connectivity index (χ3n) is 3.84. The van der Waals surface area contributed by atoms with Crippen LogP contribution in [0.2, 0.25) is 0 Å². The maximum absolute atomic E-state index is 12.1. The summed E-state index contributed by atoms with van der Waals surface area (Å²) in [6.45, 7) is 3.89. The second-order valence-corrected chi connectivity index (χ2v) is 6.73. The molecule has 134 valence electrons. The molecule has 1 heterocycles. The van der Waals surface area contributed by atoms with Gasteiger partial charge in [0.2, 0.25) is 0 Å². The molecule has 0 saturated heterocycles. The quantitative estimate of drug-likeness (QED) is 0.698. The van der Waals surface area contributed by atoms with Crippen LogP contribution in [0, 0.1) is 13.8 Å². The van der Waals surface area contributed by atoms with E-state index in [1.807, 2.05) is 61.7 Å². The van der Waals surface area contributed by atoms with Gasteiger partial charge in [0.05, 0.1) is 12.8 Å². The van der Waals surface area contributed by atoms with Crippen LogP contribution in [0.25, 0.3) is 11.3 Å². The fraction of sp³-hybridized carbons (Fsp3) is 0.200. The lowest BCUT2D eigenvalue weighted by atomic mass is 10.1. The molecule has 0 radical (unpaired) electrons. The van der Waals surface area contributed by atoms with Crippen molar-refractivity contribution in [3.05, 3.63) is 59.0 Å². The highest BCUT2D eigenvalue weighted by Crippen LogP contribution is 2.26. The average Bonchev–Trinajstić information content (AvgIpc) is 3.11. The van der Waals surface area contributed by atoms with Crippen LogP contribution in [0.3, 0.4) is 0 Å². The van der Waals surface area contributed by atoms with Gasteiger partial charge in [0, 0.05) is 10.9 Å². The number of benzene rings is 2. The van der Waals surface area contributed by atoms with Crippen molar-refractivity contribution in [3.63, 3.8) is 0 Å². The zero-order valence-corrected chi connectivity index (χ0v) is 15.7. The van der Waals surface area contributed by atoms with Gasteiger partial charge in [0.25, 0.3) is 5.91 Å². The van der Waals surface area contributed by atoms with Crippen molar-refractivity contribution in [3.8, 4) is 22.8 Å². The molecule has 3 aromatic rings. The number of rotatable bonds is 6. The van der Waals surface area contributed by atoms with Gasteiger partial charge in [-0.05, 0) is 55.3 Å². The molecule has 0 saturated carbocycles. The molecule has 2 aromatic carbocycles. The smallest absolute Gasteiger partial charge is 0.264 e. The molecule has 5 nitrogen and oxygen atoms in total. The van der Waals surface area contributed by atoms with Gasteiger partial charge >= 0.3 is 0 Å². The van der Waals surface area contributed by atoms with Crippen molar-refractivity contribution in [2.45, 2.75) is 13.8 Å². The predicted octanol–water partition coefficient (Wildman–Crippen LogP) is 4.45. The van der Waals surface area contributed by atoms with Crippen molar-refractivity contribution in [1.29, 1.82) is 0 Å². The third-order valence-corrected chi connectivity index (χ3v) is 4.60. The van der Waals surface area contributed by atoms with Gasteiger partial charge < -0.3 is 9.47 Å². The summed E-state index contributed by atoms with van der Waals surface area (Å²) < 4.78 is 10.8. The summed E-state index contributed by atoms with van der Waals surface area (Å²) in [5.41, 5.74) is 3.87. The molecule has 0 aliphatic carbocycles.